The number of hydrogen-bond acceptors (Lipinski definition) is 4. The van der Waals surface area contributed by atoms with E-state index in [1.54, 1.807) is 12.1 Å². The van der Waals surface area contributed by atoms with Gasteiger partial charge >= 0.3 is 0 Å². The minimum absolute atomic E-state index is 0.118. The highest BCUT2D eigenvalue weighted by molar-refractivity contribution is 7.92. The quantitative estimate of drug-likeness (QED) is 0.688. The lowest BCUT2D eigenvalue weighted by Crippen LogP contribution is -2.21. The maximum atomic E-state index is 12.8. The zero-order valence-electron chi connectivity index (χ0n) is 11.1. The molecule has 0 atom stereocenters. The molecule has 0 spiro atoms. The van der Waals surface area contributed by atoms with Crippen molar-refractivity contribution in [2.24, 2.45) is 4.99 Å². The van der Waals surface area contributed by atoms with E-state index in [1.165, 1.54) is 36.4 Å². The van der Waals surface area contributed by atoms with Gasteiger partial charge < -0.3 is 5.11 Å². The molecule has 0 aromatic heterocycles. The van der Waals surface area contributed by atoms with Crippen LogP contribution in [0.15, 0.2) is 53.5 Å². The molecular formula is C14H12FN2O3S-. The smallest absolute Gasteiger partial charge is 0.229 e. The van der Waals surface area contributed by atoms with Gasteiger partial charge in [-0.25, -0.2) is 12.8 Å². The molecule has 2 rings (SSSR count). The third-order valence-electron chi connectivity index (χ3n) is 2.51. The first kappa shape index (κ1) is 15.0. The van der Waals surface area contributed by atoms with Gasteiger partial charge in [0.25, 0.3) is 0 Å². The van der Waals surface area contributed by atoms with E-state index >= 15 is 0 Å². The van der Waals surface area contributed by atoms with Gasteiger partial charge in [0.05, 0.1) is 17.6 Å². The summed E-state index contributed by atoms with van der Waals surface area (Å²) in [7, 11) is -3.51. The van der Waals surface area contributed by atoms with Gasteiger partial charge in [-0.05, 0) is 36.2 Å². The first-order valence-electron chi connectivity index (χ1n) is 5.93. The first-order chi connectivity index (χ1) is 9.85. The number of para-hydroxylation sites is 1. The van der Waals surface area contributed by atoms with Crippen LogP contribution in [0, 0.1) is 5.82 Å². The lowest BCUT2D eigenvalue weighted by atomic mass is 10.2. The van der Waals surface area contributed by atoms with Gasteiger partial charge in [0.2, 0.25) is 10.0 Å². The molecule has 0 saturated carbocycles. The SMILES string of the molecule is CS(=O)(=O)Nc1ccccc1C([O-])=Nc1ccc(F)cc1. The van der Waals surface area contributed by atoms with E-state index in [9.17, 15) is 17.9 Å². The minimum Gasteiger partial charge on any atom is -0.858 e. The molecule has 0 heterocycles. The number of halogens is 1. The largest absolute Gasteiger partial charge is 0.858 e. The summed E-state index contributed by atoms with van der Waals surface area (Å²) in [6.07, 6.45) is 0.991. The summed E-state index contributed by atoms with van der Waals surface area (Å²) in [6, 6.07) is 11.2. The molecule has 110 valence electrons. The van der Waals surface area contributed by atoms with Gasteiger partial charge in [-0.15, -0.1) is 0 Å². The molecule has 0 bridgehead atoms. The van der Waals surface area contributed by atoms with Crippen molar-refractivity contribution in [3.63, 3.8) is 0 Å². The van der Waals surface area contributed by atoms with E-state index in [-0.39, 0.29) is 16.9 Å². The van der Waals surface area contributed by atoms with Gasteiger partial charge in [-0.2, -0.15) is 0 Å². The monoisotopic (exact) mass is 307 g/mol. The molecule has 0 aliphatic heterocycles. The number of benzene rings is 2. The predicted molar refractivity (Wildman–Crippen MR) is 77.5 cm³/mol. The average molecular weight is 307 g/mol. The Morgan fingerprint density at radius 3 is 2.38 bits per heavy atom. The Morgan fingerprint density at radius 1 is 1.14 bits per heavy atom. The average Bonchev–Trinajstić information content (AvgIpc) is 2.40. The number of anilines is 1. The standard InChI is InChI=1S/C14H13FN2O3S/c1-21(19,20)17-13-5-3-2-4-12(13)14(18)16-11-8-6-10(15)7-9-11/h2-9,17H,1H3,(H,16,18)/p-1. The van der Waals surface area contributed by atoms with Crippen molar-refractivity contribution in [2.75, 3.05) is 11.0 Å². The highest BCUT2D eigenvalue weighted by Crippen LogP contribution is 2.19. The Labute approximate surface area is 121 Å². The lowest BCUT2D eigenvalue weighted by Gasteiger charge is -2.16. The second kappa shape index (κ2) is 5.92. The Bertz CT molecular complexity index is 771. The zero-order chi connectivity index (χ0) is 15.5. The van der Waals surface area contributed by atoms with Crippen LogP contribution in [0.25, 0.3) is 0 Å². The summed E-state index contributed by atoms with van der Waals surface area (Å²) < 4.78 is 37.6. The number of rotatable bonds is 4. The van der Waals surface area contributed by atoms with Crippen LogP contribution in [0.1, 0.15) is 5.56 Å². The molecular weight excluding hydrogens is 295 g/mol. The molecule has 1 N–H and O–H groups in total. The second-order valence-electron chi connectivity index (χ2n) is 4.31. The van der Waals surface area contributed by atoms with Crippen molar-refractivity contribution in [1.29, 1.82) is 0 Å². The molecule has 0 amide bonds. The van der Waals surface area contributed by atoms with Gasteiger partial charge in [-0.1, -0.05) is 18.2 Å². The highest BCUT2D eigenvalue weighted by atomic mass is 32.2. The molecule has 0 unspecified atom stereocenters. The van der Waals surface area contributed by atoms with Crippen molar-refractivity contribution < 1.29 is 17.9 Å². The highest BCUT2D eigenvalue weighted by Gasteiger charge is 2.07. The molecule has 0 radical (unpaired) electrons. The number of sulfonamides is 1. The number of nitrogens with one attached hydrogen (secondary N) is 1. The van der Waals surface area contributed by atoms with Crippen LogP contribution in [-0.2, 0) is 10.0 Å². The van der Waals surface area contributed by atoms with Crippen LogP contribution in [0.4, 0.5) is 15.8 Å². The van der Waals surface area contributed by atoms with Crippen LogP contribution >= 0.6 is 0 Å². The van der Waals surface area contributed by atoms with E-state index in [1.807, 2.05) is 0 Å². The molecule has 7 heteroatoms. The molecule has 0 fully saturated rings. The van der Waals surface area contributed by atoms with Crippen LogP contribution in [0.5, 0.6) is 0 Å². The zero-order valence-corrected chi connectivity index (χ0v) is 11.9. The second-order valence-corrected chi connectivity index (χ2v) is 6.06. The molecule has 2 aromatic carbocycles. The lowest BCUT2D eigenvalue weighted by molar-refractivity contribution is -0.212. The first-order valence-corrected chi connectivity index (χ1v) is 7.83. The maximum absolute atomic E-state index is 12.8. The van der Waals surface area contributed by atoms with Gasteiger partial charge in [-0.3, -0.25) is 9.71 Å². The van der Waals surface area contributed by atoms with Gasteiger partial charge in [0.1, 0.15) is 5.82 Å². The summed E-state index contributed by atoms with van der Waals surface area (Å²) in [6.45, 7) is 0. The number of hydrogen-bond donors (Lipinski definition) is 1. The summed E-state index contributed by atoms with van der Waals surface area (Å²) in [4.78, 5) is 3.82. The van der Waals surface area contributed by atoms with Crippen molar-refractivity contribution >= 4 is 27.3 Å². The summed E-state index contributed by atoms with van der Waals surface area (Å²) >= 11 is 0. The van der Waals surface area contributed by atoms with E-state index in [0.717, 1.165) is 6.26 Å². The van der Waals surface area contributed by atoms with Crippen LogP contribution in [-0.4, -0.2) is 20.6 Å². The Balaban J connectivity index is 2.39. The predicted octanol–water partition coefficient (Wildman–Crippen LogP) is 1.64. The molecule has 2 aromatic rings. The summed E-state index contributed by atoms with van der Waals surface area (Å²) in [5.41, 5.74) is 0.554. The molecule has 21 heavy (non-hydrogen) atoms. The van der Waals surface area contributed by atoms with E-state index in [4.69, 9.17) is 0 Å². The molecule has 0 aliphatic carbocycles. The summed E-state index contributed by atoms with van der Waals surface area (Å²) in [5, 5.41) is 12.1. The van der Waals surface area contributed by atoms with E-state index < -0.39 is 21.7 Å². The number of nitrogens with zero attached hydrogens (tertiary/aromatic N) is 1. The fraction of sp³-hybridized carbons (Fsp3) is 0.0714. The van der Waals surface area contributed by atoms with Crippen LogP contribution in [0.2, 0.25) is 0 Å². The van der Waals surface area contributed by atoms with Crippen LogP contribution in [0.3, 0.4) is 0 Å². The minimum atomic E-state index is -3.51. The van der Waals surface area contributed by atoms with Crippen molar-refractivity contribution in [1.82, 2.24) is 0 Å². The normalized spacial score (nSPS) is 12.2. The molecule has 0 aliphatic rings. The third-order valence-corrected chi connectivity index (χ3v) is 3.10. The fourth-order valence-electron chi connectivity index (χ4n) is 1.65. The summed E-state index contributed by atoms with van der Waals surface area (Å²) in [5.74, 6) is -1.05. The van der Waals surface area contributed by atoms with E-state index in [2.05, 4.69) is 9.71 Å². The van der Waals surface area contributed by atoms with Crippen molar-refractivity contribution in [2.45, 2.75) is 0 Å². The van der Waals surface area contributed by atoms with Crippen LogP contribution < -0.4 is 9.83 Å². The van der Waals surface area contributed by atoms with E-state index in [0.29, 0.717) is 0 Å². The van der Waals surface area contributed by atoms with Gasteiger partial charge in [0.15, 0.2) is 0 Å². The topological polar surface area (TPSA) is 81.6 Å². The van der Waals surface area contributed by atoms with Crippen molar-refractivity contribution in [3.05, 3.63) is 59.9 Å². The molecule has 0 saturated heterocycles. The third kappa shape index (κ3) is 4.28. The maximum Gasteiger partial charge on any atom is 0.229 e. The Kier molecular flexibility index (Phi) is 4.23. The Morgan fingerprint density at radius 2 is 1.76 bits per heavy atom. The number of aliphatic imine (C=N–C) groups is 1. The Hall–Kier alpha value is -2.41. The fourth-order valence-corrected chi connectivity index (χ4v) is 2.23. The van der Waals surface area contributed by atoms with Crippen molar-refractivity contribution in [3.8, 4) is 0 Å². The van der Waals surface area contributed by atoms with Gasteiger partial charge in [0, 0.05) is 5.56 Å². The molecule has 5 nitrogen and oxygen atoms in total.